The van der Waals surface area contributed by atoms with Gasteiger partial charge in [0, 0.05) is 18.0 Å². The maximum atomic E-state index is 13.1. The third-order valence-corrected chi connectivity index (χ3v) is 3.43. The van der Waals surface area contributed by atoms with Gasteiger partial charge >= 0.3 is 0 Å². The predicted molar refractivity (Wildman–Crippen MR) is 83.9 cm³/mol. The first-order valence-corrected chi connectivity index (χ1v) is 6.90. The van der Waals surface area contributed by atoms with E-state index in [2.05, 4.69) is 15.0 Å². The smallest absolute Gasteiger partial charge is 0.267 e. The molecule has 0 spiro atoms. The lowest BCUT2D eigenvalue weighted by molar-refractivity contribution is 0.0995. The van der Waals surface area contributed by atoms with Gasteiger partial charge in [0.2, 0.25) is 0 Å². The van der Waals surface area contributed by atoms with E-state index in [1.807, 2.05) is 13.0 Å². The van der Waals surface area contributed by atoms with Crippen LogP contribution in [0.5, 0.6) is 0 Å². The number of aromatic nitrogens is 3. The van der Waals surface area contributed by atoms with Crippen LogP contribution in [0.2, 0.25) is 0 Å². The predicted octanol–water partition coefficient (Wildman–Crippen LogP) is 2.75. The SMILES string of the molecule is Cc1ccnc(-c2ccc(F)cn2)c1-c1ccnc(C(N)=O)c1. The highest BCUT2D eigenvalue weighted by Gasteiger charge is 2.14. The van der Waals surface area contributed by atoms with Gasteiger partial charge in [0.15, 0.2) is 0 Å². The van der Waals surface area contributed by atoms with Crippen LogP contribution in [0.15, 0.2) is 48.9 Å². The van der Waals surface area contributed by atoms with Crippen molar-refractivity contribution in [1.82, 2.24) is 15.0 Å². The highest BCUT2D eigenvalue weighted by atomic mass is 19.1. The van der Waals surface area contributed by atoms with Crippen LogP contribution in [0.4, 0.5) is 4.39 Å². The van der Waals surface area contributed by atoms with Gasteiger partial charge in [-0.15, -0.1) is 0 Å². The largest absolute Gasteiger partial charge is 0.364 e. The Bertz CT molecular complexity index is 878. The molecule has 2 N–H and O–H groups in total. The molecule has 23 heavy (non-hydrogen) atoms. The van der Waals surface area contributed by atoms with Gasteiger partial charge in [-0.1, -0.05) is 0 Å². The summed E-state index contributed by atoms with van der Waals surface area (Å²) in [6.45, 7) is 1.93. The average molecular weight is 308 g/mol. The molecule has 5 nitrogen and oxygen atoms in total. The van der Waals surface area contributed by atoms with Crippen molar-refractivity contribution in [2.24, 2.45) is 5.73 Å². The maximum Gasteiger partial charge on any atom is 0.267 e. The monoisotopic (exact) mass is 308 g/mol. The minimum Gasteiger partial charge on any atom is -0.364 e. The lowest BCUT2D eigenvalue weighted by Gasteiger charge is -2.12. The minimum absolute atomic E-state index is 0.170. The Hall–Kier alpha value is -3.15. The molecular formula is C17H13FN4O. The molecule has 0 saturated heterocycles. The van der Waals surface area contributed by atoms with E-state index in [4.69, 9.17) is 5.73 Å². The van der Waals surface area contributed by atoms with Crippen molar-refractivity contribution in [2.45, 2.75) is 6.92 Å². The molecule has 0 aliphatic heterocycles. The fraction of sp³-hybridized carbons (Fsp3) is 0.0588. The highest BCUT2D eigenvalue weighted by molar-refractivity contribution is 5.93. The summed E-state index contributed by atoms with van der Waals surface area (Å²) in [6.07, 6.45) is 4.32. The number of carbonyl (C=O) groups is 1. The van der Waals surface area contributed by atoms with Gasteiger partial charge in [0.1, 0.15) is 11.5 Å². The summed E-state index contributed by atoms with van der Waals surface area (Å²) in [5.74, 6) is -1.02. The Kier molecular flexibility index (Phi) is 3.80. The number of hydrogen-bond donors (Lipinski definition) is 1. The van der Waals surface area contributed by atoms with Crippen molar-refractivity contribution in [3.05, 3.63) is 66.0 Å². The quantitative estimate of drug-likeness (QED) is 0.806. The van der Waals surface area contributed by atoms with E-state index in [0.29, 0.717) is 11.4 Å². The molecule has 3 aromatic heterocycles. The van der Waals surface area contributed by atoms with Gasteiger partial charge in [-0.2, -0.15) is 0 Å². The Balaban J connectivity index is 2.21. The summed E-state index contributed by atoms with van der Waals surface area (Å²) in [5.41, 5.74) is 9.11. The van der Waals surface area contributed by atoms with E-state index in [-0.39, 0.29) is 5.69 Å². The fourth-order valence-electron chi connectivity index (χ4n) is 2.35. The first-order valence-electron chi connectivity index (χ1n) is 6.90. The zero-order valence-corrected chi connectivity index (χ0v) is 12.3. The van der Waals surface area contributed by atoms with Crippen LogP contribution in [0.1, 0.15) is 16.1 Å². The third kappa shape index (κ3) is 2.91. The van der Waals surface area contributed by atoms with Crippen molar-refractivity contribution in [3.8, 4) is 22.5 Å². The standard InChI is InChI=1S/C17H13FN4O/c1-10-4-6-21-16(13-3-2-12(18)9-22-13)15(10)11-5-7-20-14(8-11)17(19)23/h2-9H,1H3,(H2,19,23). The number of rotatable bonds is 3. The molecule has 0 saturated carbocycles. The molecule has 3 aromatic rings. The number of nitrogens with two attached hydrogens (primary N) is 1. The highest BCUT2D eigenvalue weighted by Crippen LogP contribution is 2.32. The molecule has 0 fully saturated rings. The molecule has 6 heteroatoms. The second-order valence-corrected chi connectivity index (χ2v) is 5.01. The fourth-order valence-corrected chi connectivity index (χ4v) is 2.35. The maximum absolute atomic E-state index is 13.1. The Morgan fingerprint density at radius 3 is 2.57 bits per heavy atom. The van der Waals surface area contributed by atoms with E-state index >= 15 is 0 Å². The molecule has 0 bridgehead atoms. The number of amides is 1. The second kappa shape index (κ2) is 5.92. The zero-order chi connectivity index (χ0) is 16.4. The number of hydrogen-bond acceptors (Lipinski definition) is 4. The molecule has 3 heterocycles. The Labute approximate surface area is 132 Å². The van der Waals surface area contributed by atoms with Crippen molar-refractivity contribution in [1.29, 1.82) is 0 Å². The number of primary amides is 1. The van der Waals surface area contributed by atoms with Gasteiger partial charge in [-0.3, -0.25) is 19.7 Å². The molecule has 0 unspecified atom stereocenters. The van der Waals surface area contributed by atoms with Crippen LogP contribution in [-0.2, 0) is 0 Å². The normalized spacial score (nSPS) is 10.5. The number of halogens is 1. The van der Waals surface area contributed by atoms with E-state index < -0.39 is 11.7 Å². The van der Waals surface area contributed by atoms with Gasteiger partial charge < -0.3 is 5.73 Å². The average Bonchev–Trinajstić information content (AvgIpc) is 2.55. The summed E-state index contributed by atoms with van der Waals surface area (Å²) in [7, 11) is 0. The number of carbonyl (C=O) groups excluding carboxylic acids is 1. The molecule has 1 amide bonds. The molecule has 0 aliphatic rings. The van der Waals surface area contributed by atoms with Crippen molar-refractivity contribution in [3.63, 3.8) is 0 Å². The third-order valence-electron chi connectivity index (χ3n) is 3.43. The lowest BCUT2D eigenvalue weighted by atomic mass is 9.97. The van der Waals surface area contributed by atoms with Gasteiger partial charge in [0.05, 0.1) is 17.6 Å². The van der Waals surface area contributed by atoms with E-state index in [1.165, 1.54) is 12.3 Å². The van der Waals surface area contributed by atoms with Crippen LogP contribution in [0.25, 0.3) is 22.5 Å². The van der Waals surface area contributed by atoms with Gasteiger partial charge in [0.25, 0.3) is 5.91 Å². The van der Waals surface area contributed by atoms with Crippen LogP contribution in [0.3, 0.4) is 0 Å². The van der Waals surface area contributed by atoms with Crippen LogP contribution < -0.4 is 5.73 Å². The molecule has 0 aromatic carbocycles. The van der Waals surface area contributed by atoms with E-state index in [0.717, 1.165) is 22.9 Å². The lowest BCUT2D eigenvalue weighted by Crippen LogP contribution is -2.12. The number of aryl methyl sites for hydroxylation is 1. The van der Waals surface area contributed by atoms with Gasteiger partial charge in [-0.25, -0.2) is 4.39 Å². The van der Waals surface area contributed by atoms with Gasteiger partial charge in [-0.05, 0) is 48.4 Å². The Morgan fingerprint density at radius 2 is 1.87 bits per heavy atom. The van der Waals surface area contributed by atoms with Crippen LogP contribution >= 0.6 is 0 Å². The molecule has 0 aliphatic carbocycles. The summed E-state index contributed by atoms with van der Waals surface area (Å²) >= 11 is 0. The summed E-state index contributed by atoms with van der Waals surface area (Å²) in [4.78, 5) is 23.8. The first kappa shape index (κ1) is 14.8. The van der Waals surface area contributed by atoms with Crippen LogP contribution in [0, 0.1) is 12.7 Å². The topological polar surface area (TPSA) is 81.8 Å². The minimum atomic E-state index is -0.602. The Morgan fingerprint density at radius 1 is 1.09 bits per heavy atom. The number of nitrogens with zero attached hydrogens (tertiary/aromatic N) is 3. The summed E-state index contributed by atoms with van der Waals surface area (Å²) < 4.78 is 13.1. The molecule has 0 atom stereocenters. The van der Waals surface area contributed by atoms with Crippen molar-refractivity contribution < 1.29 is 9.18 Å². The number of pyridine rings is 3. The van der Waals surface area contributed by atoms with Crippen molar-refractivity contribution >= 4 is 5.91 Å². The molecule has 3 rings (SSSR count). The first-order chi connectivity index (χ1) is 11.1. The molecular weight excluding hydrogens is 295 g/mol. The molecule has 0 radical (unpaired) electrons. The summed E-state index contributed by atoms with van der Waals surface area (Å²) in [6, 6.07) is 8.13. The van der Waals surface area contributed by atoms with E-state index in [1.54, 1.807) is 24.4 Å². The van der Waals surface area contributed by atoms with E-state index in [9.17, 15) is 9.18 Å². The second-order valence-electron chi connectivity index (χ2n) is 5.01. The zero-order valence-electron chi connectivity index (χ0n) is 12.3. The molecule has 114 valence electrons. The summed E-state index contributed by atoms with van der Waals surface area (Å²) in [5, 5.41) is 0. The van der Waals surface area contributed by atoms with Crippen molar-refractivity contribution in [2.75, 3.05) is 0 Å². The van der Waals surface area contributed by atoms with Crippen LogP contribution in [-0.4, -0.2) is 20.9 Å².